The number of H-pyrrole nitrogens is 1. The first-order chi connectivity index (χ1) is 6.50. The molecule has 4 nitrogen and oxygen atoms in total. The molecule has 0 aliphatic carbocycles. The van der Waals surface area contributed by atoms with Gasteiger partial charge in [0.05, 0.1) is 6.42 Å². The highest BCUT2D eigenvalue weighted by atomic mass is 35.5. The maximum absolute atomic E-state index is 11.1. The number of nitrogens with zero attached hydrogens (tertiary/aromatic N) is 1. The molecule has 0 aliphatic heterocycles. The molecule has 0 atom stereocenters. The van der Waals surface area contributed by atoms with Gasteiger partial charge in [-0.2, -0.15) is 0 Å². The molecule has 0 unspecified atom stereocenters. The van der Waals surface area contributed by atoms with Gasteiger partial charge < -0.3 is 0 Å². The van der Waals surface area contributed by atoms with E-state index in [0.29, 0.717) is 13.0 Å². The Morgan fingerprint density at radius 2 is 2.21 bits per heavy atom. The number of Topliss-reactive ketones (excluding diaryl/α,β-unsaturated/α-hetero) is 1. The average molecular weight is 236 g/mol. The molecule has 6 heteroatoms. The molecule has 1 aromatic heterocycles. The molecule has 76 valence electrons. The van der Waals surface area contributed by atoms with Crippen molar-refractivity contribution in [2.75, 3.05) is 0 Å². The van der Waals surface area contributed by atoms with Crippen molar-refractivity contribution in [3.8, 4) is 0 Å². The summed E-state index contributed by atoms with van der Waals surface area (Å²) in [6.45, 7) is 1.87. The third-order valence-electron chi connectivity index (χ3n) is 1.63. The molecule has 0 saturated carbocycles. The van der Waals surface area contributed by atoms with E-state index in [9.17, 15) is 9.59 Å². The number of hydrogen-bond donors (Lipinski definition) is 1. The number of aromatic nitrogens is 2. The molecule has 1 rings (SSSR count). The monoisotopic (exact) mass is 235 g/mol. The normalized spacial score (nSPS) is 10.2. The molecular formula is C8H9Cl2N2O2+. The molecule has 0 aliphatic rings. The SMILES string of the molecule is CC(=O)CC[n+]1cc(Cl)c(Cl)c(=O)[nH]1. The van der Waals surface area contributed by atoms with E-state index >= 15 is 0 Å². The van der Waals surface area contributed by atoms with Crippen molar-refractivity contribution in [1.29, 1.82) is 0 Å². The van der Waals surface area contributed by atoms with E-state index < -0.39 is 5.56 Å². The number of carbonyl (C=O) groups excluding carboxylic acids is 1. The van der Waals surface area contributed by atoms with Crippen LogP contribution in [0.4, 0.5) is 0 Å². The molecule has 1 heterocycles. The first kappa shape index (κ1) is 11.2. The summed E-state index contributed by atoms with van der Waals surface area (Å²) in [6, 6.07) is 0. The Morgan fingerprint density at radius 1 is 1.57 bits per heavy atom. The summed E-state index contributed by atoms with van der Waals surface area (Å²) >= 11 is 11.2. The third-order valence-corrected chi connectivity index (χ3v) is 2.39. The van der Waals surface area contributed by atoms with Crippen LogP contribution >= 0.6 is 23.2 Å². The van der Waals surface area contributed by atoms with Gasteiger partial charge >= 0.3 is 5.56 Å². The van der Waals surface area contributed by atoms with E-state index in [2.05, 4.69) is 5.10 Å². The number of aromatic amines is 1. The zero-order chi connectivity index (χ0) is 10.7. The minimum atomic E-state index is -0.456. The number of nitrogens with one attached hydrogen (secondary N) is 1. The van der Waals surface area contributed by atoms with Crippen LogP contribution in [0.15, 0.2) is 11.0 Å². The standard InChI is InChI=1S/C8H8Cl2N2O2/c1-5(13)2-3-12-4-6(9)7(10)8(14)11-12/h4H,2-3H2,1H3/p+1. The van der Waals surface area contributed by atoms with Crippen LogP contribution < -0.4 is 10.2 Å². The van der Waals surface area contributed by atoms with Crippen LogP contribution in [0.5, 0.6) is 0 Å². The molecule has 14 heavy (non-hydrogen) atoms. The highest BCUT2D eigenvalue weighted by molar-refractivity contribution is 6.41. The van der Waals surface area contributed by atoms with Gasteiger partial charge in [-0.3, -0.25) is 9.59 Å². The van der Waals surface area contributed by atoms with Crippen LogP contribution in [-0.2, 0) is 11.3 Å². The van der Waals surface area contributed by atoms with Crippen LogP contribution in [-0.4, -0.2) is 10.9 Å². The lowest BCUT2D eigenvalue weighted by atomic mass is 10.3. The zero-order valence-electron chi connectivity index (χ0n) is 7.51. The summed E-state index contributed by atoms with van der Waals surface area (Å²) in [5.74, 6) is 0.0458. The summed E-state index contributed by atoms with van der Waals surface area (Å²) < 4.78 is 1.44. The van der Waals surface area contributed by atoms with E-state index in [1.165, 1.54) is 17.8 Å². The fourth-order valence-corrected chi connectivity index (χ4v) is 1.21. The lowest BCUT2D eigenvalue weighted by molar-refractivity contribution is -0.753. The second-order valence-corrected chi connectivity index (χ2v) is 3.66. The van der Waals surface area contributed by atoms with E-state index in [4.69, 9.17) is 23.2 Å². The van der Waals surface area contributed by atoms with Gasteiger partial charge in [0, 0.05) is 0 Å². The lowest BCUT2D eigenvalue weighted by Gasteiger charge is -1.95. The second-order valence-electron chi connectivity index (χ2n) is 2.88. The predicted octanol–water partition coefficient (Wildman–Crippen LogP) is 0.948. The van der Waals surface area contributed by atoms with Gasteiger partial charge in [-0.1, -0.05) is 23.2 Å². The van der Waals surface area contributed by atoms with Crippen molar-refractivity contribution in [1.82, 2.24) is 5.10 Å². The maximum atomic E-state index is 11.1. The van der Waals surface area contributed by atoms with Gasteiger partial charge in [0.15, 0.2) is 6.54 Å². The number of hydrogen-bond acceptors (Lipinski definition) is 2. The average Bonchev–Trinajstić information content (AvgIpc) is 2.10. The van der Waals surface area contributed by atoms with Gasteiger partial charge in [-0.25, -0.2) is 0 Å². The minimum Gasteiger partial charge on any atom is -0.300 e. The molecule has 0 saturated heterocycles. The van der Waals surface area contributed by atoms with Crippen molar-refractivity contribution in [2.24, 2.45) is 0 Å². The molecular weight excluding hydrogens is 227 g/mol. The highest BCUT2D eigenvalue weighted by Gasteiger charge is 2.11. The molecule has 1 N–H and O–H groups in total. The predicted molar refractivity (Wildman–Crippen MR) is 52.6 cm³/mol. The first-order valence-electron chi connectivity index (χ1n) is 3.98. The zero-order valence-corrected chi connectivity index (χ0v) is 9.02. The molecule has 0 amide bonds. The van der Waals surface area contributed by atoms with E-state index in [1.807, 2.05) is 0 Å². The Bertz CT molecular complexity index is 414. The molecule has 0 bridgehead atoms. The quantitative estimate of drug-likeness (QED) is 0.794. The van der Waals surface area contributed by atoms with Crippen molar-refractivity contribution in [3.05, 3.63) is 26.6 Å². The Kier molecular flexibility index (Phi) is 3.66. The molecule has 0 radical (unpaired) electrons. The second kappa shape index (κ2) is 4.57. The summed E-state index contributed by atoms with van der Waals surface area (Å²) in [7, 11) is 0. The Balaban J connectivity index is 2.90. The Labute approximate surface area is 90.4 Å². The number of halogens is 2. The minimum absolute atomic E-state index is 0.0364. The smallest absolute Gasteiger partial charge is 0.300 e. The molecule has 0 aromatic carbocycles. The third kappa shape index (κ3) is 2.82. The first-order valence-corrected chi connectivity index (χ1v) is 4.73. The highest BCUT2D eigenvalue weighted by Crippen LogP contribution is 2.12. The fraction of sp³-hybridized carbons (Fsp3) is 0.375. The van der Waals surface area contributed by atoms with Crippen LogP contribution in [0, 0.1) is 0 Å². The Morgan fingerprint density at radius 3 is 2.71 bits per heavy atom. The van der Waals surface area contributed by atoms with Crippen LogP contribution in [0.3, 0.4) is 0 Å². The van der Waals surface area contributed by atoms with Gasteiger partial charge in [-0.15, -0.1) is 9.78 Å². The maximum Gasteiger partial charge on any atom is 0.318 e. The number of carbonyl (C=O) groups is 1. The summed E-state index contributed by atoms with van der Waals surface area (Å²) in [5, 5.41) is 2.61. The van der Waals surface area contributed by atoms with Crippen molar-refractivity contribution < 1.29 is 9.48 Å². The van der Waals surface area contributed by atoms with Gasteiger partial charge in [0.1, 0.15) is 15.8 Å². The van der Waals surface area contributed by atoms with E-state index in [-0.39, 0.29) is 15.8 Å². The number of aryl methyl sites for hydroxylation is 1. The van der Waals surface area contributed by atoms with E-state index in [0.717, 1.165) is 0 Å². The van der Waals surface area contributed by atoms with Crippen LogP contribution in [0.2, 0.25) is 10.0 Å². The van der Waals surface area contributed by atoms with Gasteiger partial charge in [0.25, 0.3) is 0 Å². The van der Waals surface area contributed by atoms with Crippen molar-refractivity contribution >= 4 is 29.0 Å². The topological polar surface area (TPSA) is 53.8 Å². The van der Waals surface area contributed by atoms with E-state index in [1.54, 1.807) is 0 Å². The number of ketones is 1. The molecule has 0 spiro atoms. The Hall–Kier alpha value is -0.870. The van der Waals surface area contributed by atoms with Crippen LogP contribution in [0.25, 0.3) is 0 Å². The lowest BCUT2D eigenvalue weighted by Crippen LogP contribution is -2.43. The fourth-order valence-electron chi connectivity index (χ4n) is 0.912. The van der Waals surface area contributed by atoms with Crippen molar-refractivity contribution in [2.45, 2.75) is 19.9 Å². The largest absolute Gasteiger partial charge is 0.318 e. The molecule has 0 fully saturated rings. The summed E-state index contributed by atoms with van der Waals surface area (Å²) in [6.07, 6.45) is 1.83. The molecule has 1 aromatic rings. The summed E-state index contributed by atoms with van der Waals surface area (Å²) in [5.41, 5.74) is -0.456. The van der Waals surface area contributed by atoms with Crippen LogP contribution in [0.1, 0.15) is 13.3 Å². The van der Waals surface area contributed by atoms with Gasteiger partial charge in [-0.05, 0) is 6.92 Å². The number of rotatable bonds is 3. The summed E-state index contributed by atoms with van der Waals surface area (Å²) in [4.78, 5) is 21.8. The van der Waals surface area contributed by atoms with Gasteiger partial charge in [0.2, 0.25) is 6.20 Å². The van der Waals surface area contributed by atoms with Crippen molar-refractivity contribution in [3.63, 3.8) is 0 Å².